The van der Waals surface area contributed by atoms with E-state index in [-0.39, 0.29) is 18.6 Å². The van der Waals surface area contributed by atoms with Gasteiger partial charge in [0.1, 0.15) is 6.61 Å². The molecule has 0 aromatic heterocycles. The van der Waals surface area contributed by atoms with Crippen LogP contribution < -0.4 is 0 Å². The Morgan fingerprint density at radius 1 is 1.53 bits per heavy atom. The molecule has 0 bridgehead atoms. The van der Waals surface area contributed by atoms with Gasteiger partial charge in [-0.2, -0.15) is 0 Å². The van der Waals surface area contributed by atoms with Crippen LogP contribution in [0.2, 0.25) is 0 Å². The molecule has 0 radical (unpaired) electrons. The van der Waals surface area contributed by atoms with Gasteiger partial charge in [-0.3, -0.25) is 4.79 Å². The summed E-state index contributed by atoms with van der Waals surface area (Å²) in [6.07, 6.45) is 2.45. The summed E-state index contributed by atoms with van der Waals surface area (Å²) >= 11 is 0. The van der Waals surface area contributed by atoms with Gasteiger partial charge in [-0.05, 0) is 25.2 Å². The number of aliphatic hydroxyl groups excluding tert-OH is 1. The van der Waals surface area contributed by atoms with Crippen LogP contribution in [0.25, 0.3) is 0 Å². The van der Waals surface area contributed by atoms with Crippen molar-refractivity contribution in [2.75, 3.05) is 26.8 Å². The highest BCUT2D eigenvalue weighted by Crippen LogP contribution is 2.27. The molecule has 4 heteroatoms. The van der Waals surface area contributed by atoms with E-state index in [9.17, 15) is 4.79 Å². The van der Waals surface area contributed by atoms with Gasteiger partial charge in [0.15, 0.2) is 0 Å². The lowest BCUT2D eigenvalue weighted by Crippen LogP contribution is -2.40. The highest BCUT2D eigenvalue weighted by atomic mass is 16.5. The first kappa shape index (κ1) is 12.5. The summed E-state index contributed by atoms with van der Waals surface area (Å²) in [6.45, 7) is 3.58. The van der Waals surface area contributed by atoms with Crippen molar-refractivity contribution in [2.24, 2.45) is 5.92 Å². The highest BCUT2D eigenvalue weighted by Gasteiger charge is 2.28. The third-order valence-electron chi connectivity index (χ3n) is 2.74. The standard InChI is InChI=1S/C11H21NO3/c1-3-4-15-8-11(14)12(2)7-9-5-10(13)6-9/h9-10,13H,3-8H2,1-2H3. The predicted octanol–water partition coefficient (Wildman–Crippen LogP) is 0.642. The maximum Gasteiger partial charge on any atom is 0.248 e. The van der Waals surface area contributed by atoms with E-state index in [0.717, 1.165) is 25.8 Å². The van der Waals surface area contributed by atoms with Gasteiger partial charge in [0, 0.05) is 20.2 Å². The smallest absolute Gasteiger partial charge is 0.248 e. The van der Waals surface area contributed by atoms with Gasteiger partial charge in [-0.25, -0.2) is 0 Å². The second-order valence-electron chi connectivity index (χ2n) is 4.32. The van der Waals surface area contributed by atoms with Crippen LogP contribution in [0.4, 0.5) is 0 Å². The number of hydrogen-bond acceptors (Lipinski definition) is 3. The largest absolute Gasteiger partial charge is 0.393 e. The van der Waals surface area contributed by atoms with Gasteiger partial charge in [-0.1, -0.05) is 6.92 Å². The number of amides is 1. The number of carbonyl (C=O) groups excluding carboxylic acids is 1. The molecule has 15 heavy (non-hydrogen) atoms. The minimum absolute atomic E-state index is 0.0323. The van der Waals surface area contributed by atoms with Crippen LogP contribution in [0.3, 0.4) is 0 Å². The Labute approximate surface area is 91.2 Å². The van der Waals surface area contributed by atoms with E-state index in [1.54, 1.807) is 11.9 Å². The van der Waals surface area contributed by atoms with Crippen molar-refractivity contribution in [1.29, 1.82) is 0 Å². The quantitative estimate of drug-likeness (QED) is 0.662. The van der Waals surface area contributed by atoms with Crippen LogP contribution in [0, 0.1) is 5.92 Å². The number of ether oxygens (including phenoxy) is 1. The molecule has 0 atom stereocenters. The molecule has 0 spiro atoms. The summed E-state index contributed by atoms with van der Waals surface area (Å²) in [5.41, 5.74) is 0. The molecular weight excluding hydrogens is 194 g/mol. The number of aliphatic hydroxyl groups is 1. The second-order valence-corrected chi connectivity index (χ2v) is 4.32. The van der Waals surface area contributed by atoms with Crippen molar-refractivity contribution in [3.8, 4) is 0 Å². The van der Waals surface area contributed by atoms with E-state index >= 15 is 0 Å². The summed E-state index contributed by atoms with van der Waals surface area (Å²) in [5, 5.41) is 9.12. The van der Waals surface area contributed by atoms with Crippen molar-refractivity contribution in [2.45, 2.75) is 32.3 Å². The minimum atomic E-state index is -0.144. The molecule has 0 unspecified atom stereocenters. The van der Waals surface area contributed by atoms with E-state index in [4.69, 9.17) is 9.84 Å². The number of carbonyl (C=O) groups is 1. The molecule has 0 aromatic carbocycles. The molecule has 1 aliphatic carbocycles. The number of nitrogens with zero attached hydrogens (tertiary/aromatic N) is 1. The van der Waals surface area contributed by atoms with Gasteiger partial charge < -0.3 is 14.7 Å². The zero-order valence-electron chi connectivity index (χ0n) is 9.61. The first-order valence-electron chi connectivity index (χ1n) is 5.63. The Morgan fingerprint density at radius 2 is 2.20 bits per heavy atom. The van der Waals surface area contributed by atoms with E-state index < -0.39 is 0 Å². The first-order chi connectivity index (χ1) is 7.13. The number of hydrogen-bond donors (Lipinski definition) is 1. The monoisotopic (exact) mass is 215 g/mol. The van der Waals surface area contributed by atoms with Crippen LogP contribution in [0.1, 0.15) is 26.2 Å². The molecule has 1 N–H and O–H groups in total. The van der Waals surface area contributed by atoms with Crippen molar-refractivity contribution in [3.63, 3.8) is 0 Å². The van der Waals surface area contributed by atoms with Crippen LogP contribution in [0.5, 0.6) is 0 Å². The maximum absolute atomic E-state index is 11.5. The lowest BCUT2D eigenvalue weighted by molar-refractivity contribution is -0.136. The molecule has 1 rings (SSSR count). The van der Waals surface area contributed by atoms with Gasteiger partial charge in [-0.15, -0.1) is 0 Å². The molecule has 0 heterocycles. The Balaban J connectivity index is 2.10. The molecule has 1 saturated carbocycles. The van der Waals surface area contributed by atoms with Gasteiger partial charge >= 0.3 is 0 Å². The van der Waals surface area contributed by atoms with E-state index in [2.05, 4.69) is 0 Å². The molecule has 0 aromatic rings. The Hall–Kier alpha value is -0.610. The Kier molecular flexibility index (Phi) is 5.05. The molecule has 4 nitrogen and oxygen atoms in total. The fourth-order valence-electron chi connectivity index (χ4n) is 1.75. The number of likely N-dealkylation sites (N-methyl/N-ethyl adjacent to an activating group) is 1. The zero-order chi connectivity index (χ0) is 11.3. The summed E-state index contributed by atoms with van der Waals surface area (Å²) in [4.78, 5) is 13.2. The van der Waals surface area contributed by atoms with Crippen LogP contribution in [0.15, 0.2) is 0 Å². The lowest BCUT2D eigenvalue weighted by atomic mass is 9.82. The third-order valence-corrected chi connectivity index (χ3v) is 2.74. The molecule has 1 amide bonds. The third kappa shape index (κ3) is 4.18. The summed E-state index contributed by atoms with van der Waals surface area (Å²) in [5.74, 6) is 0.505. The van der Waals surface area contributed by atoms with E-state index in [1.807, 2.05) is 6.92 Å². The minimum Gasteiger partial charge on any atom is -0.393 e. The zero-order valence-corrected chi connectivity index (χ0v) is 9.61. The topological polar surface area (TPSA) is 49.8 Å². The van der Waals surface area contributed by atoms with Crippen molar-refractivity contribution in [3.05, 3.63) is 0 Å². The molecule has 0 saturated heterocycles. The van der Waals surface area contributed by atoms with Crippen LogP contribution in [-0.4, -0.2) is 48.8 Å². The van der Waals surface area contributed by atoms with Crippen LogP contribution in [-0.2, 0) is 9.53 Å². The normalized spacial score (nSPS) is 24.7. The molecule has 88 valence electrons. The predicted molar refractivity (Wildman–Crippen MR) is 57.5 cm³/mol. The summed E-state index contributed by atoms with van der Waals surface area (Å²) in [7, 11) is 1.79. The fourth-order valence-corrected chi connectivity index (χ4v) is 1.75. The van der Waals surface area contributed by atoms with Gasteiger partial charge in [0.2, 0.25) is 5.91 Å². The molecule has 1 fully saturated rings. The maximum atomic E-state index is 11.5. The average molecular weight is 215 g/mol. The first-order valence-corrected chi connectivity index (χ1v) is 5.63. The van der Waals surface area contributed by atoms with Crippen molar-refractivity contribution in [1.82, 2.24) is 4.90 Å². The highest BCUT2D eigenvalue weighted by molar-refractivity contribution is 5.77. The van der Waals surface area contributed by atoms with Gasteiger partial charge in [0.25, 0.3) is 0 Å². The molecule has 1 aliphatic rings. The van der Waals surface area contributed by atoms with E-state index in [0.29, 0.717) is 12.5 Å². The van der Waals surface area contributed by atoms with Gasteiger partial charge in [0.05, 0.1) is 6.10 Å². The summed E-state index contributed by atoms with van der Waals surface area (Å²) in [6, 6.07) is 0. The van der Waals surface area contributed by atoms with E-state index in [1.165, 1.54) is 0 Å². The van der Waals surface area contributed by atoms with Crippen molar-refractivity contribution >= 4 is 5.91 Å². The lowest BCUT2D eigenvalue weighted by Gasteiger charge is -2.34. The summed E-state index contributed by atoms with van der Waals surface area (Å²) < 4.78 is 5.18. The van der Waals surface area contributed by atoms with Crippen molar-refractivity contribution < 1.29 is 14.6 Å². The Morgan fingerprint density at radius 3 is 2.73 bits per heavy atom. The SMILES string of the molecule is CCCOCC(=O)N(C)CC1CC(O)C1. The molecule has 0 aliphatic heterocycles. The number of rotatable bonds is 6. The molecular formula is C11H21NO3. The Bertz CT molecular complexity index is 202. The fraction of sp³-hybridized carbons (Fsp3) is 0.909. The van der Waals surface area contributed by atoms with Crippen LogP contribution >= 0.6 is 0 Å². The average Bonchev–Trinajstić information content (AvgIpc) is 2.15. The second kappa shape index (κ2) is 6.08.